The van der Waals surface area contributed by atoms with Gasteiger partial charge in [0.25, 0.3) is 5.91 Å². The van der Waals surface area contributed by atoms with Crippen molar-refractivity contribution in [2.24, 2.45) is 0 Å². The number of hydrogen-bond donors (Lipinski definition) is 1. The Labute approximate surface area is 146 Å². The Bertz CT molecular complexity index is 757. The second-order valence-corrected chi connectivity index (χ2v) is 7.18. The lowest BCUT2D eigenvalue weighted by molar-refractivity contribution is -0.0210. The molecule has 1 N–H and O–H groups in total. The van der Waals surface area contributed by atoms with Crippen molar-refractivity contribution in [1.82, 2.24) is 4.90 Å². The first-order valence-corrected chi connectivity index (χ1v) is 8.80. The number of hydrogen-bond acceptors (Lipinski definition) is 3. The SMILES string of the molecule is O=C(c1ccoc1C1CC1)N1CCC(O)(c2ccccc2Cl)CC1. The fourth-order valence-corrected chi connectivity index (χ4v) is 3.83. The molecule has 2 fully saturated rings. The molecule has 5 heteroatoms. The molecule has 1 saturated carbocycles. The Hall–Kier alpha value is -1.78. The van der Waals surface area contributed by atoms with E-state index in [9.17, 15) is 9.90 Å². The molecule has 0 unspecified atom stereocenters. The second-order valence-electron chi connectivity index (χ2n) is 6.78. The van der Waals surface area contributed by atoms with Crippen molar-refractivity contribution < 1.29 is 14.3 Å². The molecule has 1 saturated heterocycles. The topological polar surface area (TPSA) is 53.7 Å². The van der Waals surface area contributed by atoms with Crippen molar-refractivity contribution in [2.45, 2.75) is 37.2 Å². The Morgan fingerprint density at radius 2 is 1.92 bits per heavy atom. The number of aliphatic hydroxyl groups is 1. The lowest BCUT2D eigenvalue weighted by Gasteiger charge is -2.38. The van der Waals surface area contributed by atoms with Crippen LogP contribution in [0.4, 0.5) is 0 Å². The van der Waals surface area contributed by atoms with E-state index in [1.807, 2.05) is 23.1 Å². The summed E-state index contributed by atoms with van der Waals surface area (Å²) in [6.45, 7) is 1.02. The van der Waals surface area contributed by atoms with Crippen LogP contribution in [0.5, 0.6) is 0 Å². The largest absolute Gasteiger partial charge is 0.468 e. The van der Waals surface area contributed by atoms with Crippen LogP contribution in [0.15, 0.2) is 41.0 Å². The first-order chi connectivity index (χ1) is 11.6. The normalized spacial score (nSPS) is 20.2. The van der Waals surface area contributed by atoms with E-state index < -0.39 is 5.60 Å². The van der Waals surface area contributed by atoms with E-state index in [0.29, 0.717) is 42.4 Å². The van der Waals surface area contributed by atoms with Crippen molar-refractivity contribution in [1.29, 1.82) is 0 Å². The van der Waals surface area contributed by atoms with E-state index in [1.54, 1.807) is 18.4 Å². The molecular weight excluding hydrogens is 326 g/mol. The van der Waals surface area contributed by atoms with Crippen LogP contribution in [-0.4, -0.2) is 29.0 Å². The highest BCUT2D eigenvalue weighted by molar-refractivity contribution is 6.31. The summed E-state index contributed by atoms with van der Waals surface area (Å²) in [6, 6.07) is 9.15. The number of nitrogens with zero attached hydrogens (tertiary/aromatic N) is 1. The van der Waals surface area contributed by atoms with Gasteiger partial charge in [0.15, 0.2) is 0 Å². The third-order valence-electron chi connectivity index (χ3n) is 5.13. The first-order valence-electron chi connectivity index (χ1n) is 8.42. The molecule has 0 bridgehead atoms. The fourth-order valence-electron chi connectivity index (χ4n) is 3.52. The number of piperidine rings is 1. The quantitative estimate of drug-likeness (QED) is 0.916. The third kappa shape index (κ3) is 2.74. The average Bonchev–Trinajstić information content (AvgIpc) is 3.32. The molecule has 0 radical (unpaired) electrons. The zero-order valence-electron chi connectivity index (χ0n) is 13.4. The van der Waals surface area contributed by atoms with Crippen molar-refractivity contribution in [3.8, 4) is 0 Å². The third-order valence-corrected chi connectivity index (χ3v) is 5.46. The van der Waals surface area contributed by atoms with Crippen LogP contribution in [0, 0.1) is 0 Å². The Morgan fingerprint density at radius 1 is 1.21 bits per heavy atom. The van der Waals surface area contributed by atoms with Crippen molar-refractivity contribution in [2.75, 3.05) is 13.1 Å². The molecule has 1 aromatic carbocycles. The zero-order valence-corrected chi connectivity index (χ0v) is 14.1. The number of carbonyl (C=O) groups is 1. The van der Waals surface area contributed by atoms with Gasteiger partial charge in [-0.05, 0) is 37.8 Å². The van der Waals surface area contributed by atoms with E-state index in [1.165, 1.54) is 0 Å². The molecular formula is C19H20ClNO3. The minimum atomic E-state index is -0.967. The summed E-state index contributed by atoms with van der Waals surface area (Å²) in [7, 11) is 0. The summed E-state index contributed by atoms with van der Waals surface area (Å²) >= 11 is 6.24. The standard InChI is InChI=1S/C19H20ClNO3/c20-16-4-2-1-3-15(16)19(23)8-10-21(11-9-19)18(22)14-7-12-24-17(14)13-5-6-13/h1-4,7,12-13,23H,5-6,8-11H2. The predicted octanol–water partition coefficient (Wildman–Crippen LogP) is 3.93. The van der Waals surface area contributed by atoms with Crippen molar-refractivity contribution >= 4 is 17.5 Å². The molecule has 1 amide bonds. The molecule has 4 rings (SSSR count). The summed E-state index contributed by atoms with van der Waals surface area (Å²) in [5.41, 5.74) is 0.464. The van der Waals surface area contributed by atoms with Gasteiger partial charge in [-0.25, -0.2) is 0 Å². The number of rotatable bonds is 3. The monoisotopic (exact) mass is 345 g/mol. The smallest absolute Gasteiger partial charge is 0.257 e. The van der Waals surface area contributed by atoms with Crippen LogP contribution < -0.4 is 0 Å². The predicted molar refractivity (Wildman–Crippen MR) is 91.2 cm³/mol. The lowest BCUT2D eigenvalue weighted by Crippen LogP contribution is -2.45. The van der Waals surface area contributed by atoms with Gasteiger partial charge in [-0.2, -0.15) is 0 Å². The molecule has 2 heterocycles. The highest BCUT2D eigenvalue weighted by atomic mass is 35.5. The molecule has 2 aromatic rings. The van der Waals surface area contributed by atoms with Crippen LogP contribution in [0.3, 0.4) is 0 Å². The Balaban J connectivity index is 1.49. The van der Waals surface area contributed by atoms with Gasteiger partial charge in [0.1, 0.15) is 5.76 Å². The number of likely N-dealkylation sites (tertiary alicyclic amines) is 1. The molecule has 1 aliphatic heterocycles. The van der Waals surface area contributed by atoms with Crippen LogP contribution in [0.2, 0.25) is 5.02 Å². The number of carbonyl (C=O) groups excluding carboxylic acids is 1. The van der Waals surface area contributed by atoms with Gasteiger partial charge in [-0.15, -0.1) is 0 Å². The number of amides is 1. The van der Waals surface area contributed by atoms with Gasteiger partial charge < -0.3 is 14.4 Å². The van der Waals surface area contributed by atoms with E-state index >= 15 is 0 Å². The maximum absolute atomic E-state index is 12.8. The van der Waals surface area contributed by atoms with E-state index in [-0.39, 0.29) is 5.91 Å². The minimum absolute atomic E-state index is 0.00635. The molecule has 2 aliphatic rings. The summed E-state index contributed by atoms with van der Waals surface area (Å²) in [5, 5.41) is 11.5. The highest BCUT2D eigenvalue weighted by Crippen LogP contribution is 2.43. The van der Waals surface area contributed by atoms with Gasteiger partial charge in [0.05, 0.1) is 17.4 Å². The second kappa shape index (κ2) is 5.94. The number of furan rings is 1. The Morgan fingerprint density at radius 3 is 2.58 bits per heavy atom. The summed E-state index contributed by atoms with van der Waals surface area (Å²) in [5.74, 6) is 1.24. The van der Waals surface area contributed by atoms with Crippen LogP contribution in [0.1, 0.15) is 53.3 Å². The van der Waals surface area contributed by atoms with Crippen molar-refractivity contribution in [3.63, 3.8) is 0 Å². The van der Waals surface area contributed by atoms with Gasteiger partial charge in [0.2, 0.25) is 0 Å². The fraction of sp³-hybridized carbons (Fsp3) is 0.421. The molecule has 126 valence electrons. The van der Waals surface area contributed by atoms with Crippen LogP contribution >= 0.6 is 11.6 Å². The molecule has 0 atom stereocenters. The number of benzene rings is 1. The lowest BCUT2D eigenvalue weighted by atomic mass is 9.84. The molecule has 0 spiro atoms. The highest BCUT2D eigenvalue weighted by Gasteiger charge is 2.38. The maximum atomic E-state index is 12.8. The van der Waals surface area contributed by atoms with Gasteiger partial charge in [-0.3, -0.25) is 4.79 Å². The van der Waals surface area contributed by atoms with Crippen molar-refractivity contribution in [3.05, 3.63) is 58.5 Å². The molecule has 1 aromatic heterocycles. The van der Waals surface area contributed by atoms with Crippen LogP contribution in [-0.2, 0) is 5.60 Å². The molecule has 1 aliphatic carbocycles. The summed E-state index contributed by atoms with van der Waals surface area (Å²) < 4.78 is 5.51. The summed E-state index contributed by atoms with van der Waals surface area (Å²) in [4.78, 5) is 14.6. The molecule has 4 nitrogen and oxygen atoms in total. The van der Waals surface area contributed by atoms with Gasteiger partial charge in [0, 0.05) is 29.6 Å². The Kier molecular flexibility index (Phi) is 3.89. The summed E-state index contributed by atoms with van der Waals surface area (Å²) in [6.07, 6.45) is 4.77. The molecule has 24 heavy (non-hydrogen) atoms. The van der Waals surface area contributed by atoms with Crippen LogP contribution in [0.25, 0.3) is 0 Å². The number of halogens is 1. The van der Waals surface area contributed by atoms with E-state index in [0.717, 1.165) is 24.2 Å². The van der Waals surface area contributed by atoms with E-state index in [4.69, 9.17) is 16.0 Å². The van der Waals surface area contributed by atoms with E-state index in [2.05, 4.69) is 0 Å². The average molecular weight is 346 g/mol. The zero-order chi connectivity index (χ0) is 16.7. The first kappa shape index (κ1) is 15.7. The maximum Gasteiger partial charge on any atom is 0.257 e. The van der Waals surface area contributed by atoms with Gasteiger partial charge >= 0.3 is 0 Å². The minimum Gasteiger partial charge on any atom is -0.468 e. The van der Waals surface area contributed by atoms with Gasteiger partial charge in [-0.1, -0.05) is 29.8 Å².